The van der Waals surface area contributed by atoms with Crippen molar-refractivity contribution < 1.29 is 13.2 Å². The zero-order valence-corrected chi connectivity index (χ0v) is 9.85. The summed E-state index contributed by atoms with van der Waals surface area (Å²) in [6, 6.07) is 4.52. The van der Waals surface area contributed by atoms with Crippen molar-refractivity contribution in [2.75, 3.05) is 0 Å². The van der Waals surface area contributed by atoms with Gasteiger partial charge in [0.2, 0.25) is 5.65 Å². The van der Waals surface area contributed by atoms with Gasteiger partial charge in [0.15, 0.2) is 5.82 Å². The minimum absolute atomic E-state index is 0.134. The van der Waals surface area contributed by atoms with Crippen molar-refractivity contribution in [2.45, 2.75) is 6.18 Å². The fourth-order valence-electron chi connectivity index (χ4n) is 1.86. The van der Waals surface area contributed by atoms with Gasteiger partial charge in [0, 0.05) is 18.0 Å². The molecule has 5 nitrogen and oxygen atoms in total. The second-order valence-corrected chi connectivity index (χ2v) is 4.07. The van der Waals surface area contributed by atoms with Crippen LogP contribution in [0.1, 0.15) is 5.56 Å². The Labute approximate surface area is 109 Å². The molecule has 20 heavy (non-hydrogen) atoms. The minimum atomic E-state index is -4.39. The van der Waals surface area contributed by atoms with Gasteiger partial charge >= 0.3 is 11.7 Å². The van der Waals surface area contributed by atoms with Gasteiger partial charge < -0.3 is 0 Å². The lowest BCUT2D eigenvalue weighted by atomic mass is 10.1. The molecule has 1 N–H and O–H groups in total. The number of H-pyrrole nitrogens is 1. The van der Waals surface area contributed by atoms with Crippen LogP contribution in [0.4, 0.5) is 13.2 Å². The third-order valence-corrected chi connectivity index (χ3v) is 2.81. The Morgan fingerprint density at radius 1 is 1.15 bits per heavy atom. The molecule has 8 heteroatoms. The molecular weight excluding hydrogens is 273 g/mol. The fraction of sp³-hybridized carbons (Fsp3) is 0.0833. The van der Waals surface area contributed by atoms with Crippen LogP contribution in [0.5, 0.6) is 0 Å². The van der Waals surface area contributed by atoms with E-state index in [-0.39, 0.29) is 5.65 Å². The van der Waals surface area contributed by atoms with Crippen LogP contribution in [0, 0.1) is 0 Å². The van der Waals surface area contributed by atoms with Crippen molar-refractivity contribution in [2.24, 2.45) is 0 Å². The largest absolute Gasteiger partial charge is 0.416 e. The van der Waals surface area contributed by atoms with Crippen LogP contribution in [0.15, 0.2) is 41.5 Å². The molecule has 0 spiro atoms. The molecule has 1 aromatic carbocycles. The Hall–Kier alpha value is -2.64. The smallest absolute Gasteiger partial charge is 0.278 e. The third-order valence-electron chi connectivity index (χ3n) is 2.81. The molecular formula is C12H7F3N4O. The van der Waals surface area contributed by atoms with Gasteiger partial charge in [0.05, 0.1) is 5.56 Å². The zero-order valence-electron chi connectivity index (χ0n) is 9.85. The van der Waals surface area contributed by atoms with Crippen molar-refractivity contribution in [1.29, 1.82) is 0 Å². The van der Waals surface area contributed by atoms with Gasteiger partial charge in [-0.3, -0.25) is 9.20 Å². The number of fused-ring (bicyclic) bond motifs is 1. The van der Waals surface area contributed by atoms with E-state index in [2.05, 4.69) is 15.2 Å². The first-order valence-electron chi connectivity index (χ1n) is 5.56. The lowest BCUT2D eigenvalue weighted by Crippen LogP contribution is -2.14. The number of halogens is 3. The van der Waals surface area contributed by atoms with E-state index in [1.54, 1.807) is 0 Å². The molecule has 0 amide bonds. The second kappa shape index (κ2) is 4.19. The Morgan fingerprint density at radius 3 is 2.50 bits per heavy atom. The SMILES string of the molecule is O=c1[nH]nc(-c2ccc(C(F)(F)F)cc2)n2ccnc12. The lowest BCUT2D eigenvalue weighted by molar-refractivity contribution is -0.137. The minimum Gasteiger partial charge on any atom is -0.278 e. The van der Waals surface area contributed by atoms with Crippen LogP contribution in [0.2, 0.25) is 0 Å². The van der Waals surface area contributed by atoms with Crippen LogP contribution in [-0.4, -0.2) is 19.6 Å². The average Bonchev–Trinajstić information content (AvgIpc) is 2.88. The Bertz CT molecular complexity index is 817. The van der Waals surface area contributed by atoms with E-state index in [1.165, 1.54) is 28.9 Å². The molecule has 102 valence electrons. The topological polar surface area (TPSA) is 63.0 Å². The highest BCUT2D eigenvalue weighted by Crippen LogP contribution is 2.30. The van der Waals surface area contributed by atoms with E-state index in [0.29, 0.717) is 11.4 Å². The molecule has 2 heterocycles. The van der Waals surface area contributed by atoms with E-state index in [4.69, 9.17) is 0 Å². The number of aromatic amines is 1. The molecule has 3 aromatic rings. The molecule has 0 aliphatic carbocycles. The number of aromatic nitrogens is 4. The monoisotopic (exact) mass is 280 g/mol. The number of rotatable bonds is 1. The number of imidazole rings is 1. The number of benzene rings is 1. The highest BCUT2D eigenvalue weighted by Gasteiger charge is 2.30. The summed E-state index contributed by atoms with van der Waals surface area (Å²) in [6.45, 7) is 0. The van der Waals surface area contributed by atoms with Gasteiger partial charge in [-0.2, -0.15) is 18.3 Å². The van der Waals surface area contributed by atoms with Crippen LogP contribution in [0.3, 0.4) is 0 Å². The number of hydrogen-bond donors (Lipinski definition) is 1. The van der Waals surface area contributed by atoms with Gasteiger partial charge in [-0.05, 0) is 12.1 Å². The highest BCUT2D eigenvalue weighted by atomic mass is 19.4. The number of hydrogen-bond acceptors (Lipinski definition) is 3. The van der Waals surface area contributed by atoms with Gasteiger partial charge in [0.1, 0.15) is 0 Å². The maximum absolute atomic E-state index is 12.5. The summed E-state index contributed by atoms with van der Waals surface area (Å²) in [5.74, 6) is 0.311. The summed E-state index contributed by atoms with van der Waals surface area (Å²) in [5.41, 5.74) is -0.634. The van der Waals surface area contributed by atoms with Gasteiger partial charge in [-0.1, -0.05) is 12.1 Å². The maximum atomic E-state index is 12.5. The van der Waals surface area contributed by atoms with E-state index in [9.17, 15) is 18.0 Å². The number of nitrogens with zero attached hydrogens (tertiary/aromatic N) is 3. The fourth-order valence-corrected chi connectivity index (χ4v) is 1.86. The van der Waals surface area contributed by atoms with Crippen molar-refractivity contribution >= 4 is 5.65 Å². The quantitative estimate of drug-likeness (QED) is 0.742. The Morgan fingerprint density at radius 2 is 1.85 bits per heavy atom. The lowest BCUT2D eigenvalue weighted by Gasteiger charge is -2.08. The molecule has 0 aliphatic heterocycles. The zero-order chi connectivity index (χ0) is 14.3. The molecule has 0 saturated carbocycles. The van der Waals surface area contributed by atoms with Crippen molar-refractivity contribution in [3.8, 4) is 11.4 Å². The van der Waals surface area contributed by atoms with Crippen LogP contribution in [-0.2, 0) is 6.18 Å². The van der Waals surface area contributed by atoms with Gasteiger partial charge in [-0.25, -0.2) is 10.1 Å². The van der Waals surface area contributed by atoms with E-state index in [0.717, 1.165) is 12.1 Å². The van der Waals surface area contributed by atoms with E-state index >= 15 is 0 Å². The molecule has 0 unspecified atom stereocenters. The first kappa shape index (κ1) is 12.4. The highest BCUT2D eigenvalue weighted by molar-refractivity contribution is 5.58. The number of nitrogens with one attached hydrogen (secondary N) is 1. The molecule has 0 saturated heterocycles. The standard InChI is InChI=1S/C12H7F3N4O/c13-12(14,15)8-3-1-7(2-4-8)9-17-18-11(20)10-16-5-6-19(9)10/h1-6H,(H,18,20). The predicted molar refractivity (Wildman–Crippen MR) is 64.0 cm³/mol. The van der Waals surface area contributed by atoms with Gasteiger partial charge in [-0.15, -0.1) is 0 Å². The summed E-state index contributed by atoms with van der Waals surface area (Å²) in [7, 11) is 0. The molecule has 0 bridgehead atoms. The summed E-state index contributed by atoms with van der Waals surface area (Å²) in [5, 5.41) is 6.11. The van der Waals surface area contributed by atoms with Gasteiger partial charge in [0.25, 0.3) is 0 Å². The van der Waals surface area contributed by atoms with Crippen LogP contribution >= 0.6 is 0 Å². The molecule has 0 atom stereocenters. The Kier molecular flexibility index (Phi) is 2.60. The van der Waals surface area contributed by atoms with E-state index in [1.807, 2.05) is 0 Å². The van der Waals surface area contributed by atoms with Crippen molar-refractivity contribution in [3.05, 3.63) is 52.6 Å². The summed E-state index contributed by atoms with van der Waals surface area (Å²) >= 11 is 0. The third kappa shape index (κ3) is 1.94. The van der Waals surface area contributed by atoms with E-state index < -0.39 is 17.3 Å². The van der Waals surface area contributed by atoms with Crippen molar-refractivity contribution in [3.63, 3.8) is 0 Å². The molecule has 0 radical (unpaired) electrons. The maximum Gasteiger partial charge on any atom is 0.416 e. The predicted octanol–water partition coefficient (Wildman–Crippen LogP) is 2.10. The first-order valence-corrected chi connectivity index (χ1v) is 5.56. The summed E-state index contributed by atoms with van der Waals surface area (Å²) in [6.07, 6.45) is -1.45. The molecule has 0 aliphatic rings. The molecule has 3 rings (SSSR count). The Balaban J connectivity index is 2.14. The summed E-state index contributed by atoms with van der Waals surface area (Å²) < 4.78 is 38.9. The van der Waals surface area contributed by atoms with Crippen LogP contribution in [0.25, 0.3) is 17.0 Å². The number of alkyl halides is 3. The molecule has 2 aromatic heterocycles. The van der Waals surface area contributed by atoms with Crippen molar-refractivity contribution in [1.82, 2.24) is 19.6 Å². The first-order chi connectivity index (χ1) is 9.47. The molecule has 0 fully saturated rings. The summed E-state index contributed by atoms with van der Waals surface area (Å²) in [4.78, 5) is 15.3. The normalized spacial score (nSPS) is 11.9. The average molecular weight is 280 g/mol. The second-order valence-electron chi connectivity index (χ2n) is 4.07. The van der Waals surface area contributed by atoms with Crippen LogP contribution < -0.4 is 5.56 Å².